The SMILES string of the molecule is CC(C)(C)OC(=O)N1Cc2ccc(OCCCBr)cc2C1. The lowest BCUT2D eigenvalue weighted by molar-refractivity contribution is 0.0242. The minimum absolute atomic E-state index is 0.263. The predicted octanol–water partition coefficient (Wildman–Crippen LogP) is 4.10. The predicted molar refractivity (Wildman–Crippen MR) is 85.8 cm³/mol. The lowest BCUT2D eigenvalue weighted by atomic mass is 10.1. The molecule has 0 aromatic heterocycles. The number of halogens is 1. The van der Waals surface area contributed by atoms with E-state index in [1.54, 1.807) is 4.90 Å². The van der Waals surface area contributed by atoms with Crippen molar-refractivity contribution in [3.63, 3.8) is 0 Å². The number of hydrogen-bond acceptors (Lipinski definition) is 3. The lowest BCUT2D eigenvalue weighted by Gasteiger charge is -2.24. The van der Waals surface area contributed by atoms with Crippen molar-refractivity contribution in [3.8, 4) is 5.75 Å². The van der Waals surface area contributed by atoms with Crippen molar-refractivity contribution in [3.05, 3.63) is 29.3 Å². The van der Waals surface area contributed by atoms with Crippen LogP contribution in [0.1, 0.15) is 38.3 Å². The molecule has 1 heterocycles. The molecule has 0 saturated carbocycles. The molecule has 4 nitrogen and oxygen atoms in total. The monoisotopic (exact) mass is 355 g/mol. The highest BCUT2D eigenvalue weighted by Crippen LogP contribution is 2.28. The third kappa shape index (κ3) is 4.63. The van der Waals surface area contributed by atoms with Gasteiger partial charge in [-0.3, -0.25) is 4.90 Å². The number of alkyl halides is 1. The number of fused-ring (bicyclic) bond motifs is 1. The first-order valence-corrected chi connectivity index (χ1v) is 8.30. The fourth-order valence-corrected chi connectivity index (χ4v) is 2.39. The quantitative estimate of drug-likeness (QED) is 0.602. The third-order valence-electron chi connectivity index (χ3n) is 3.10. The Morgan fingerprint density at radius 2 is 2.00 bits per heavy atom. The van der Waals surface area contributed by atoms with Crippen LogP contribution in [0.3, 0.4) is 0 Å². The molecular formula is C16H22BrNO3. The van der Waals surface area contributed by atoms with E-state index in [2.05, 4.69) is 15.9 Å². The Balaban J connectivity index is 1.97. The van der Waals surface area contributed by atoms with Gasteiger partial charge in [0, 0.05) is 18.4 Å². The Kier molecular flexibility index (Phi) is 5.14. The Hall–Kier alpha value is -1.23. The summed E-state index contributed by atoms with van der Waals surface area (Å²) in [7, 11) is 0. The Morgan fingerprint density at radius 1 is 1.29 bits per heavy atom. The molecular weight excluding hydrogens is 334 g/mol. The molecule has 0 unspecified atom stereocenters. The summed E-state index contributed by atoms with van der Waals surface area (Å²) in [6.45, 7) is 7.52. The third-order valence-corrected chi connectivity index (χ3v) is 3.66. The van der Waals surface area contributed by atoms with E-state index in [1.807, 2.05) is 39.0 Å². The fraction of sp³-hybridized carbons (Fsp3) is 0.562. The standard InChI is InChI=1S/C16H22BrNO3/c1-16(2,3)21-15(19)18-10-12-5-6-14(9-13(12)11-18)20-8-4-7-17/h5-6,9H,4,7-8,10-11H2,1-3H3. The van der Waals surface area contributed by atoms with Crippen LogP contribution >= 0.6 is 15.9 Å². The second kappa shape index (κ2) is 6.69. The lowest BCUT2D eigenvalue weighted by Crippen LogP contribution is -2.33. The molecule has 5 heteroatoms. The van der Waals surface area contributed by atoms with Crippen molar-refractivity contribution in [2.45, 2.75) is 45.9 Å². The van der Waals surface area contributed by atoms with Crippen LogP contribution in [0.25, 0.3) is 0 Å². The van der Waals surface area contributed by atoms with Gasteiger partial charge in [-0.25, -0.2) is 4.79 Å². The van der Waals surface area contributed by atoms with Gasteiger partial charge < -0.3 is 9.47 Å². The van der Waals surface area contributed by atoms with Gasteiger partial charge >= 0.3 is 6.09 Å². The molecule has 1 amide bonds. The molecule has 0 radical (unpaired) electrons. The number of rotatable bonds is 4. The summed E-state index contributed by atoms with van der Waals surface area (Å²) in [5.74, 6) is 0.862. The van der Waals surface area contributed by atoms with Crippen LogP contribution in [0.5, 0.6) is 5.75 Å². The average molecular weight is 356 g/mol. The van der Waals surface area contributed by atoms with Gasteiger partial charge in [0.05, 0.1) is 6.61 Å². The van der Waals surface area contributed by atoms with Crippen molar-refractivity contribution in [1.29, 1.82) is 0 Å². The van der Waals surface area contributed by atoms with Crippen LogP contribution in [0, 0.1) is 0 Å². The van der Waals surface area contributed by atoms with Crippen molar-refractivity contribution in [1.82, 2.24) is 4.90 Å². The summed E-state index contributed by atoms with van der Waals surface area (Å²) >= 11 is 3.38. The molecule has 0 atom stereocenters. The number of benzene rings is 1. The first kappa shape index (κ1) is 16.1. The zero-order chi connectivity index (χ0) is 15.5. The van der Waals surface area contributed by atoms with E-state index in [4.69, 9.17) is 9.47 Å². The van der Waals surface area contributed by atoms with Crippen LogP contribution < -0.4 is 4.74 Å². The molecule has 0 spiro atoms. The number of nitrogens with zero attached hydrogens (tertiary/aromatic N) is 1. The first-order valence-electron chi connectivity index (χ1n) is 7.17. The van der Waals surface area contributed by atoms with Gasteiger partial charge in [-0.15, -0.1) is 0 Å². The molecule has 0 saturated heterocycles. The molecule has 1 aliphatic heterocycles. The smallest absolute Gasteiger partial charge is 0.410 e. The zero-order valence-electron chi connectivity index (χ0n) is 12.8. The largest absolute Gasteiger partial charge is 0.494 e. The maximum Gasteiger partial charge on any atom is 0.410 e. The van der Waals surface area contributed by atoms with E-state index < -0.39 is 5.60 Å². The fourth-order valence-electron chi connectivity index (χ4n) is 2.16. The van der Waals surface area contributed by atoms with Crippen LogP contribution in [-0.2, 0) is 17.8 Å². The zero-order valence-corrected chi connectivity index (χ0v) is 14.4. The first-order chi connectivity index (χ1) is 9.89. The second-order valence-electron chi connectivity index (χ2n) is 6.16. The highest BCUT2D eigenvalue weighted by molar-refractivity contribution is 9.09. The van der Waals surface area contributed by atoms with Gasteiger partial charge in [0.1, 0.15) is 11.4 Å². The number of ether oxygens (including phenoxy) is 2. The van der Waals surface area contributed by atoms with Gasteiger partial charge in [-0.1, -0.05) is 22.0 Å². The van der Waals surface area contributed by atoms with Crippen molar-refractivity contribution in [2.75, 3.05) is 11.9 Å². The molecule has 1 aromatic rings. The normalized spacial score (nSPS) is 14.0. The molecule has 0 N–H and O–H groups in total. The van der Waals surface area contributed by atoms with Crippen LogP contribution in [0.4, 0.5) is 4.79 Å². The number of amides is 1. The molecule has 1 aliphatic rings. The van der Waals surface area contributed by atoms with Crippen LogP contribution in [0.15, 0.2) is 18.2 Å². The Morgan fingerprint density at radius 3 is 2.67 bits per heavy atom. The van der Waals surface area contributed by atoms with Crippen LogP contribution in [-0.4, -0.2) is 28.5 Å². The van der Waals surface area contributed by atoms with Crippen molar-refractivity contribution < 1.29 is 14.3 Å². The minimum atomic E-state index is -0.462. The van der Waals surface area contributed by atoms with E-state index in [9.17, 15) is 4.79 Å². The van der Waals surface area contributed by atoms with Crippen molar-refractivity contribution >= 4 is 22.0 Å². The number of carbonyl (C=O) groups is 1. The highest BCUT2D eigenvalue weighted by Gasteiger charge is 2.27. The maximum absolute atomic E-state index is 12.1. The summed E-state index contributed by atoms with van der Waals surface area (Å²) in [6.07, 6.45) is 0.710. The topological polar surface area (TPSA) is 38.8 Å². The van der Waals surface area contributed by atoms with E-state index >= 15 is 0 Å². The summed E-state index contributed by atoms with van der Waals surface area (Å²) < 4.78 is 11.1. The molecule has 21 heavy (non-hydrogen) atoms. The molecule has 2 rings (SSSR count). The summed E-state index contributed by atoms with van der Waals surface area (Å²) in [4.78, 5) is 13.8. The van der Waals surface area contributed by atoms with Crippen LogP contribution in [0.2, 0.25) is 0 Å². The maximum atomic E-state index is 12.1. The summed E-state index contributed by atoms with van der Waals surface area (Å²) in [5.41, 5.74) is 1.83. The van der Waals surface area contributed by atoms with E-state index in [1.165, 1.54) is 0 Å². The summed E-state index contributed by atoms with van der Waals surface area (Å²) in [6, 6.07) is 6.02. The van der Waals surface area contributed by atoms with E-state index in [0.29, 0.717) is 19.7 Å². The highest BCUT2D eigenvalue weighted by atomic mass is 79.9. The molecule has 116 valence electrons. The molecule has 1 aromatic carbocycles. The van der Waals surface area contributed by atoms with E-state index in [-0.39, 0.29) is 6.09 Å². The molecule has 0 bridgehead atoms. The Bertz CT molecular complexity index is 511. The minimum Gasteiger partial charge on any atom is -0.494 e. The van der Waals surface area contributed by atoms with Gasteiger partial charge in [-0.05, 0) is 50.5 Å². The molecule has 0 fully saturated rings. The number of hydrogen-bond donors (Lipinski definition) is 0. The van der Waals surface area contributed by atoms with Gasteiger partial charge in [0.2, 0.25) is 0 Å². The Labute approximate surface area is 134 Å². The van der Waals surface area contributed by atoms with E-state index in [0.717, 1.165) is 28.6 Å². The second-order valence-corrected chi connectivity index (χ2v) is 6.95. The summed E-state index contributed by atoms with van der Waals surface area (Å²) in [5, 5.41) is 0.935. The average Bonchev–Trinajstić information content (AvgIpc) is 2.80. The van der Waals surface area contributed by atoms with Crippen molar-refractivity contribution in [2.24, 2.45) is 0 Å². The molecule has 0 aliphatic carbocycles. The van der Waals surface area contributed by atoms with Gasteiger partial charge in [0.15, 0.2) is 0 Å². The number of carbonyl (C=O) groups excluding carboxylic acids is 1. The van der Waals surface area contributed by atoms with Gasteiger partial charge in [-0.2, -0.15) is 0 Å². The van der Waals surface area contributed by atoms with Gasteiger partial charge in [0.25, 0.3) is 0 Å².